The quantitative estimate of drug-likeness (QED) is 0.747. The van der Waals surface area contributed by atoms with Crippen LogP contribution in [0.1, 0.15) is 48.2 Å². The molecule has 1 aliphatic heterocycles. The van der Waals surface area contributed by atoms with Crippen molar-refractivity contribution in [1.29, 1.82) is 0 Å². The number of carbonyl (C=O) groups is 1. The highest BCUT2D eigenvalue weighted by Crippen LogP contribution is 2.47. The number of nitrogens with zero attached hydrogens (tertiary/aromatic N) is 1. The Morgan fingerprint density at radius 3 is 2.78 bits per heavy atom. The minimum Gasteiger partial charge on any atom is -0.480 e. The fraction of sp³-hybridized carbons (Fsp3) is 0.538. The SMILES string of the molecule is COc1nc2c(cc1Br)C1(CCCCC1)OC2=O. The van der Waals surface area contributed by atoms with E-state index in [1.807, 2.05) is 6.07 Å². The van der Waals surface area contributed by atoms with Crippen molar-refractivity contribution in [2.45, 2.75) is 37.7 Å². The van der Waals surface area contributed by atoms with Crippen molar-refractivity contribution in [2.75, 3.05) is 7.11 Å². The van der Waals surface area contributed by atoms with Gasteiger partial charge in [-0.3, -0.25) is 0 Å². The van der Waals surface area contributed by atoms with Crippen LogP contribution in [0.25, 0.3) is 0 Å². The summed E-state index contributed by atoms with van der Waals surface area (Å²) in [6.07, 6.45) is 5.19. The molecule has 1 fully saturated rings. The van der Waals surface area contributed by atoms with Crippen molar-refractivity contribution < 1.29 is 14.3 Å². The zero-order valence-corrected chi connectivity index (χ0v) is 11.7. The van der Waals surface area contributed by atoms with Gasteiger partial charge >= 0.3 is 5.97 Å². The molecular weight excluding hydrogens is 298 g/mol. The highest BCUT2D eigenvalue weighted by atomic mass is 79.9. The van der Waals surface area contributed by atoms with E-state index in [1.165, 1.54) is 13.5 Å². The molecule has 0 amide bonds. The molecule has 2 heterocycles. The number of esters is 1. The first-order valence-electron chi connectivity index (χ1n) is 6.15. The van der Waals surface area contributed by atoms with Gasteiger partial charge in [0.05, 0.1) is 11.6 Å². The number of rotatable bonds is 1. The largest absolute Gasteiger partial charge is 0.480 e. The van der Waals surface area contributed by atoms with E-state index in [1.54, 1.807) is 0 Å². The molecule has 0 atom stereocenters. The van der Waals surface area contributed by atoms with Crippen LogP contribution >= 0.6 is 15.9 Å². The molecule has 1 spiro atoms. The summed E-state index contributed by atoms with van der Waals surface area (Å²) in [6.45, 7) is 0. The number of methoxy groups -OCH3 is 1. The monoisotopic (exact) mass is 311 g/mol. The number of carbonyl (C=O) groups excluding carboxylic acids is 1. The first-order valence-corrected chi connectivity index (χ1v) is 6.94. The van der Waals surface area contributed by atoms with Crippen LogP contribution in [-0.2, 0) is 10.3 Å². The summed E-state index contributed by atoms with van der Waals surface area (Å²) < 4.78 is 11.5. The topological polar surface area (TPSA) is 48.4 Å². The number of fused-ring (bicyclic) bond motifs is 2. The van der Waals surface area contributed by atoms with Crippen LogP contribution in [0, 0.1) is 0 Å². The molecule has 0 saturated heterocycles. The van der Waals surface area contributed by atoms with Crippen LogP contribution in [0.15, 0.2) is 10.5 Å². The minimum absolute atomic E-state index is 0.322. The van der Waals surface area contributed by atoms with Gasteiger partial charge in [0.1, 0.15) is 5.60 Å². The lowest BCUT2D eigenvalue weighted by Gasteiger charge is -2.32. The summed E-state index contributed by atoms with van der Waals surface area (Å²) in [4.78, 5) is 16.2. The summed E-state index contributed by atoms with van der Waals surface area (Å²) >= 11 is 3.43. The minimum atomic E-state index is -0.438. The number of aromatic nitrogens is 1. The Balaban J connectivity index is 2.12. The van der Waals surface area contributed by atoms with Gasteiger partial charge < -0.3 is 9.47 Å². The van der Waals surface area contributed by atoms with E-state index in [0.29, 0.717) is 11.6 Å². The molecule has 0 N–H and O–H groups in total. The zero-order valence-electron chi connectivity index (χ0n) is 10.2. The lowest BCUT2D eigenvalue weighted by molar-refractivity contribution is -0.0281. The average molecular weight is 312 g/mol. The Kier molecular flexibility index (Phi) is 2.81. The highest BCUT2D eigenvalue weighted by Gasteiger charge is 2.47. The van der Waals surface area contributed by atoms with Gasteiger partial charge in [0.25, 0.3) is 0 Å². The Hall–Kier alpha value is -1.10. The highest BCUT2D eigenvalue weighted by molar-refractivity contribution is 9.10. The number of halogens is 1. The molecule has 0 unspecified atom stereocenters. The van der Waals surface area contributed by atoms with E-state index in [0.717, 1.165) is 35.7 Å². The summed E-state index contributed by atoms with van der Waals surface area (Å²) in [7, 11) is 1.54. The van der Waals surface area contributed by atoms with Gasteiger partial charge in [0.15, 0.2) is 5.69 Å². The lowest BCUT2D eigenvalue weighted by atomic mass is 9.80. The third-order valence-electron chi connectivity index (χ3n) is 3.77. The van der Waals surface area contributed by atoms with E-state index in [2.05, 4.69) is 20.9 Å². The predicted octanol–water partition coefficient (Wildman–Crippen LogP) is 3.18. The molecule has 0 radical (unpaired) electrons. The van der Waals surface area contributed by atoms with Crippen LogP contribution < -0.4 is 4.74 Å². The summed E-state index contributed by atoms with van der Waals surface area (Å²) in [5.41, 5.74) is 0.892. The Morgan fingerprint density at radius 1 is 1.39 bits per heavy atom. The second kappa shape index (κ2) is 4.23. The van der Waals surface area contributed by atoms with E-state index in [-0.39, 0.29) is 5.97 Å². The lowest BCUT2D eigenvalue weighted by Crippen LogP contribution is -2.28. The average Bonchev–Trinajstić information content (AvgIpc) is 2.62. The van der Waals surface area contributed by atoms with Crippen LogP contribution in [0.2, 0.25) is 0 Å². The molecular formula is C13H14BrNO3. The van der Waals surface area contributed by atoms with Gasteiger partial charge in [-0.2, -0.15) is 0 Å². The molecule has 1 aliphatic carbocycles. The number of hydrogen-bond donors (Lipinski definition) is 0. The Morgan fingerprint density at radius 2 is 2.11 bits per heavy atom. The maximum absolute atomic E-state index is 12.0. The fourth-order valence-electron chi connectivity index (χ4n) is 2.89. The molecule has 0 bridgehead atoms. The smallest absolute Gasteiger partial charge is 0.358 e. The normalized spacial score (nSPS) is 20.7. The number of ether oxygens (including phenoxy) is 2. The zero-order chi connectivity index (χ0) is 12.8. The maximum atomic E-state index is 12.0. The van der Waals surface area contributed by atoms with Gasteiger partial charge in [-0.15, -0.1) is 0 Å². The summed E-state index contributed by atoms with van der Waals surface area (Å²) in [5, 5.41) is 0. The van der Waals surface area contributed by atoms with Crippen LogP contribution in [0.5, 0.6) is 5.88 Å². The Bertz CT molecular complexity index is 509. The molecule has 3 rings (SSSR count). The predicted molar refractivity (Wildman–Crippen MR) is 68.7 cm³/mol. The second-order valence-electron chi connectivity index (χ2n) is 4.82. The molecule has 5 heteroatoms. The van der Waals surface area contributed by atoms with Gasteiger partial charge in [-0.1, -0.05) is 6.42 Å². The van der Waals surface area contributed by atoms with Crippen molar-refractivity contribution in [3.63, 3.8) is 0 Å². The third-order valence-corrected chi connectivity index (χ3v) is 4.34. The second-order valence-corrected chi connectivity index (χ2v) is 5.67. The summed E-state index contributed by atoms with van der Waals surface area (Å²) in [6, 6.07) is 1.93. The molecule has 1 saturated carbocycles. The van der Waals surface area contributed by atoms with Crippen molar-refractivity contribution in [3.05, 3.63) is 21.8 Å². The molecule has 18 heavy (non-hydrogen) atoms. The fourth-order valence-corrected chi connectivity index (χ4v) is 3.37. The number of hydrogen-bond acceptors (Lipinski definition) is 4. The summed E-state index contributed by atoms with van der Waals surface area (Å²) in [5.74, 6) is 0.108. The molecule has 2 aliphatic rings. The molecule has 4 nitrogen and oxygen atoms in total. The van der Waals surface area contributed by atoms with Crippen molar-refractivity contribution in [2.24, 2.45) is 0 Å². The van der Waals surface area contributed by atoms with Crippen molar-refractivity contribution >= 4 is 21.9 Å². The van der Waals surface area contributed by atoms with E-state index >= 15 is 0 Å². The number of pyridine rings is 1. The molecule has 1 aromatic heterocycles. The van der Waals surface area contributed by atoms with Gasteiger partial charge in [0, 0.05) is 5.56 Å². The van der Waals surface area contributed by atoms with Gasteiger partial charge in [0.2, 0.25) is 5.88 Å². The first kappa shape index (κ1) is 12.0. The molecule has 96 valence electrons. The Labute approximate surface area is 114 Å². The van der Waals surface area contributed by atoms with E-state index in [4.69, 9.17) is 9.47 Å². The third kappa shape index (κ3) is 1.64. The standard InChI is InChI=1S/C13H14BrNO3/c1-17-11-9(14)7-8-10(15-11)12(16)18-13(8)5-3-2-4-6-13/h7H,2-6H2,1H3. The van der Waals surface area contributed by atoms with Crippen molar-refractivity contribution in [3.8, 4) is 5.88 Å². The van der Waals surface area contributed by atoms with Crippen LogP contribution in [0.4, 0.5) is 0 Å². The van der Waals surface area contributed by atoms with Gasteiger partial charge in [-0.05, 0) is 47.7 Å². The van der Waals surface area contributed by atoms with Crippen LogP contribution in [-0.4, -0.2) is 18.1 Å². The van der Waals surface area contributed by atoms with Gasteiger partial charge in [-0.25, -0.2) is 9.78 Å². The van der Waals surface area contributed by atoms with E-state index in [9.17, 15) is 4.79 Å². The maximum Gasteiger partial charge on any atom is 0.358 e. The van der Waals surface area contributed by atoms with Crippen molar-refractivity contribution in [1.82, 2.24) is 4.98 Å². The van der Waals surface area contributed by atoms with Crippen LogP contribution in [0.3, 0.4) is 0 Å². The molecule has 1 aromatic rings. The first-order chi connectivity index (χ1) is 8.66. The molecule has 0 aromatic carbocycles. The van der Waals surface area contributed by atoms with E-state index < -0.39 is 5.60 Å².